The second-order valence-corrected chi connectivity index (χ2v) is 7.76. The lowest BCUT2D eigenvalue weighted by Gasteiger charge is -2.29. The fourth-order valence-electron chi connectivity index (χ4n) is 3.60. The molecule has 0 aliphatic carbocycles. The molecule has 0 spiro atoms. The van der Waals surface area contributed by atoms with Gasteiger partial charge < -0.3 is 19.5 Å². The first-order valence-corrected chi connectivity index (χ1v) is 8.93. The smallest absolute Gasteiger partial charge is 0.412 e. The number of amides is 2. The van der Waals surface area contributed by atoms with Crippen molar-refractivity contribution in [2.75, 3.05) is 6.54 Å². The quantitative estimate of drug-likeness (QED) is 0.875. The van der Waals surface area contributed by atoms with E-state index in [4.69, 9.17) is 9.47 Å². The van der Waals surface area contributed by atoms with Crippen molar-refractivity contribution < 1.29 is 24.2 Å². The first-order valence-electron chi connectivity index (χ1n) is 8.93. The number of aliphatic hydroxyl groups is 1. The van der Waals surface area contributed by atoms with Crippen molar-refractivity contribution in [3.05, 3.63) is 35.9 Å². The minimum atomic E-state index is -0.954. The normalized spacial score (nSPS) is 25.2. The van der Waals surface area contributed by atoms with Crippen LogP contribution in [-0.2, 0) is 16.1 Å². The van der Waals surface area contributed by atoms with Gasteiger partial charge >= 0.3 is 12.2 Å². The Morgan fingerprint density at radius 1 is 1.15 bits per heavy atom. The molecule has 2 saturated heterocycles. The molecule has 2 amide bonds. The standard InChI is InChI=1S/C19H26N2O5/c1-19(2,3)26-18(24)21-14-9-10-20(15(14)11-16(21)22)17(23)25-12-13-7-5-4-6-8-13/h4-8,14-16,22H,9-12H2,1-3H3/t14-,15-,16?/m0/s1. The summed E-state index contributed by atoms with van der Waals surface area (Å²) >= 11 is 0. The van der Waals surface area contributed by atoms with Crippen LogP contribution in [0.1, 0.15) is 39.2 Å². The summed E-state index contributed by atoms with van der Waals surface area (Å²) in [4.78, 5) is 27.8. The van der Waals surface area contributed by atoms with Crippen LogP contribution in [0.25, 0.3) is 0 Å². The second-order valence-electron chi connectivity index (χ2n) is 7.76. The summed E-state index contributed by atoms with van der Waals surface area (Å²) in [6.07, 6.45) is -1.01. The van der Waals surface area contributed by atoms with Gasteiger partial charge in [-0.15, -0.1) is 0 Å². The van der Waals surface area contributed by atoms with E-state index in [9.17, 15) is 14.7 Å². The Hall–Kier alpha value is -2.28. The molecule has 7 nitrogen and oxygen atoms in total. The van der Waals surface area contributed by atoms with E-state index in [0.29, 0.717) is 19.4 Å². The zero-order valence-electron chi connectivity index (χ0n) is 15.4. The van der Waals surface area contributed by atoms with Crippen molar-refractivity contribution in [3.63, 3.8) is 0 Å². The van der Waals surface area contributed by atoms with E-state index < -0.39 is 24.0 Å². The lowest BCUT2D eigenvalue weighted by molar-refractivity contribution is -0.0242. The molecule has 2 aliphatic rings. The number of ether oxygens (including phenoxy) is 2. The number of benzene rings is 1. The number of likely N-dealkylation sites (tertiary alicyclic amines) is 2. The highest BCUT2D eigenvalue weighted by Crippen LogP contribution is 2.36. The molecule has 3 atom stereocenters. The summed E-state index contributed by atoms with van der Waals surface area (Å²) in [6, 6.07) is 8.97. The van der Waals surface area contributed by atoms with Gasteiger partial charge in [-0.2, -0.15) is 0 Å². The number of fused-ring (bicyclic) bond motifs is 1. The van der Waals surface area contributed by atoms with Crippen molar-refractivity contribution in [2.24, 2.45) is 0 Å². The first-order chi connectivity index (χ1) is 12.3. The molecule has 0 bridgehead atoms. The van der Waals surface area contributed by atoms with E-state index >= 15 is 0 Å². The lowest BCUT2D eigenvalue weighted by atomic mass is 10.1. The van der Waals surface area contributed by atoms with Crippen LogP contribution < -0.4 is 0 Å². The molecule has 0 saturated carbocycles. The molecule has 2 heterocycles. The molecular formula is C19H26N2O5. The average Bonchev–Trinajstić information content (AvgIpc) is 3.09. The fourth-order valence-corrected chi connectivity index (χ4v) is 3.60. The highest BCUT2D eigenvalue weighted by Gasteiger charge is 2.52. The van der Waals surface area contributed by atoms with Crippen LogP contribution >= 0.6 is 0 Å². The predicted molar refractivity (Wildman–Crippen MR) is 94.2 cm³/mol. The SMILES string of the molecule is CC(C)(C)OC(=O)N1C(O)C[C@H]2[C@@H]1CCN2C(=O)OCc1ccccc1. The van der Waals surface area contributed by atoms with Crippen LogP contribution in [0.5, 0.6) is 0 Å². The monoisotopic (exact) mass is 362 g/mol. The first kappa shape index (κ1) is 18.5. The van der Waals surface area contributed by atoms with Crippen LogP contribution in [-0.4, -0.2) is 57.6 Å². The molecule has 0 radical (unpaired) electrons. The molecule has 0 aromatic heterocycles. The van der Waals surface area contributed by atoms with Crippen LogP contribution in [0.2, 0.25) is 0 Å². The molecule has 26 heavy (non-hydrogen) atoms. The highest BCUT2D eigenvalue weighted by atomic mass is 16.6. The van der Waals surface area contributed by atoms with Crippen LogP contribution in [0.3, 0.4) is 0 Å². The highest BCUT2D eigenvalue weighted by molar-refractivity contribution is 5.72. The molecule has 7 heteroatoms. The Bertz CT molecular complexity index is 658. The third-order valence-corrected chi connectivity index (χ3v) is 4.68. The van der Waals surface area contributed by atoms with Gasteiger partial charge in [0.15, 0.2) is 0 Å². The summed E-state index contributed by atoms with van der Waals surface area (Å²) in [6.45, 7) is 6.05. The maximum atomic E-state index is 12.5. The molecule has 1 unspecified atom stereocenters. The van der Waals surface area contributed by atoms with E-state index in [1.807, 2.05) is 30.3 Å². The number of hydrogen-bond donors (Lipinski definition) is 1. The number of nitrogens with zero attached hydrogens (tertiary/aromatic N) is 2. The number of aliphatic hydroxyl groups excluding tert-OH is 1. The minimum Gasteiger partial charge on any atom is -0.445 e. The van der Waals surface area contributed by atoms with Gasteiger partial charge in [0, 0.05) is 13.0 Å². The predicted octanol–water partition coefficient (Wildman–Crippen LogP) is 2.73. The zero-order chi connectivity index (χ0) is 18.9. The lowest BCUT2D eigenvalue weighted by Crippen LogP contribution is -2.45. The molecule has 142 valence electrons. The van der Waals surface area contributed by atoms with Crippen molar-refractivity contribution in [3.8, 4) is 0 Å². The van der Waals surface area contributed by atoms with E-state index in [0.717, 1.165) is 5.56 Å². The van der Waals surface area contributed by atoms with Gasteiger partial charge in [-0.25, -0.2) is 9.59 Å². The summed E-state index contributed by atoms with van der Waals surface area (Å²) in [7, 11) is 0. The fraction of sp³-hybridized carbons (Fsp3) is 0.579. The van der Waals surface area contributed by atoms with E-state index in [1.165, 1.54) is 4.90 Å². The van der Waals surface area contributed by atoms with Crippen LogP contribution in [0.15, 0.2) is 30.3 Å². The second kappa shape index (κ2) is 7.15. The summed E-state index contributed by atoms with van der Waals surface area (Å²) in [5.74, 6) is 0. The Labute approximate surface area is 153 Å². The Balaban J connectivity index is 1.61. The number of hydrogen-bond acceptors (Lipinski definition) is 5. The molecule has 1 aromatic rings. The van der Waals surface area contributed by atoms with E-state index in [-0.39, 0.29) is 18.7 Å². The van der Waals surface area contributed by atoms with Gasteiger partial charge in [0.05, 0.1) is 12.1 Å². The molecule has 3 rings (SSSR count). The van der Waals surface area contributed by atoms with Crippen molar-refractivity contribution in [2.45, 2.75) is 64.1 Å². The third kappa shape index (κ3) is 3.93. The molecule has 1 aromatic carbocycles. The summed E-state index contributed by atoms with van der Waals surface area (Å²) < 4.78 is 10.8. The maximum Gasteiger partial charge on any atom is 0.412 e. The van der Waals surface area contributed by atoms with Gasteiger partial charge in [-0.05, 0) is 32.8 Å². The van der Waals surface area contributed by atoms with E-state index in [1.54, 1.807) is 25.7 Å². The van der Waals surface area contributed by atoms with Crippen molar-refractivity contribution in [1.29, 1.82) is 0 Å². The zero-order valence-corrected chi connectivity index (χ0v) is 15.4. The largest absolute Gasteiger partial charge is 0.445 e. The van der Waals surface area contributed by atoms with Gasteiger partial charge in [-0.1, -0.05) is 30.3 Å². The van der Waals surface area contributed by atoms with Gasteiger partial charge in [0.2, 0.25) is 0 Å². The molecular weight excluding hydrogens is 336 g/mol. The van der Waals surface area contributed by atoms with E-state index in [2.05, 4.69) is 0 Å². The Morgan fingerprint density at radius 3 is 2.50 bits per heavy atom. The summed E-state index contributed by atoms with van der Waals surface area (Å²) in [5.41, 5.74) is 0.278. The Morgan fingerprint density at radius 2 is 1.85 bits per heavy atom. The average molecular weight is 362 g/mol. The third-order valence-electron chi connectivity index (χ3n) is 4.68. The topological polar surface area (TPSA) is 79.3 Å². The van der Waals surface area contributed by atoms with Gasteiger partial charge in [0.1, 0.15) is 18.4 Å². The van der Waals surface area contributed by atoms with Gasteiger partial charge in [-0.3, -0.25) is 4.90 Å². The molecule has 1 N–H and O–H groups in total. The minimum absolute atomic E-state index is 0.200. The number of carbonyl (C=O) groups excluding carboxylic acids is 2. The number of rotatable bonds is 2. The van der Waals surface area contributed by atoms with Crippen LogP contribution in [0, 0.1) is 0 Å². The molecule has 2 fully saturated rings. The van der Waals surface area contributed by atoms with Crippen LogP contribution in [0.4, 0.5) is 9.59 Å². The molecule has 2 aliphatic heterocycles. The Kier molecular flexibility index (Phi) is 5.09. The number of carbonyl (C=O) groups is 2. The van der Waals surface area contributed by atoms with Crippen molar-refractivity contribution in [1.82, 2.24) is 9.80 Å². The summed E-state index contributed by atoms with van der Waals surface area (Å²) in [5, 5.41) is 10.3. The van der Waals surface area contributed by atoms with Crippen molar-refractivity contribution >= 4 is 12.2 Å². The maximum absolute atomic E-state index is 12.5. The van der Waals surface area contributed by atoms with Gasteiger partial charge in [0.25, 0.3) is 0 Å².